The van der Waals surface area contributed by atoms with Crippen LogP contribution in [-0.4, -0.2) is 18.6 Å². The number of aryl methyl sites for hydroxylation is 1. The first kappa shape index (κ1) is 11.8. The molecule has 4 rings (SSSR count). The van der Waals surface area contributed by atoms with Gasteiger partial charge in [0.2, 0.25) is 0 Å². The van der Waals surface area contributed by atoms with Gasteiger partial charge in [-0.1, -0.05) is 18.2 Å². The second kappa shape index (κ2) is 4.24. The van der Waals surface area contributed by atoms with Gasteiger partial charge in [-0.15, -0.1) is 0 Å². The molecule has 3 unspecified atom stereocenters. The number of hydrogen-bond acceptors (Lipinski definition) is 2. The lowest BCUT2D eigenvalue weighted by Crippen LogP contribution is -2.59. The predicted molar refractivity (Wildman–Crippen MR) is 79.3 cm³/mol. The molecule has 0 radical (unpaired) electrons. The van der Waals surface area contributed by atoms with Crippen LogP contribution >= 0.6 is 0 Å². The summed E-state index contributed by atoms with van der Waals surface area (Å²) in [4.78, 5) is 2.70. The molecule has 1 heterocycles. The molecule has 2 N–H and O–H groups in total. The van der Waals surface area contributed by atoms with Gasteiger partial charge in [0.15, 0.2) is 0 Å². The van der Waals surface area contributed by atoms with E-state index in [0.29, 0.717) is 0 Å². The van der Waals surface area contributed by atoms with Crippen molar-refractivity contribution in [3.63, 3.8) is 0 Å². The van der Waals surface area contributed by atoms with Gasteiger partial charge in [-0.05, 0) is 62.0 Å². The maximum atomic E-state index is 6.30. The number of fused-ring (bicyclic) bond motifs is 3. The summed E-state index contributed by atoms with van der Waals surface area (Å²) >= 11 is 0. The van der Waals surface area contributed by atoms with Crippen LogP contribution < -0.4 is 10.6 Å². The van der Waals surface area contributed by atoms with E-state index in [1.165, 1.54) is 56.3 Å². The quantitative estimate of drug-likeness (QED) is 0.881. The van der Waals surface area contributed by atoms with Crippen molar-refractivity contribution in [3.8, 4) is 0 Å². The molecule has 0 aromatic heterocycles. The van der Waals surface area contributed by atoms with E-state index in [2.05, 4.69) is 29.2 Å². The third-order valence-electron chi connectivity index (χ3n) is 5.94. The summed E-state index contributed by atoms with van der Waals surface area (Å²) in [5.74, 6) is 1.79. The van der Waals surface area contributed by atoms with Crippen LogP contribution in [0.4, 0.5) is 5.69 Å². The Labute approximate surface area is 116 Å². The average molecular weight is 256 g/mol. The highest BCUT2D eigenvalue weighted by atomic mass is 15.2. The second-order valence-corrected chi connectivity index (χ2v) is 6.77. The van der Waals surface area contributed by atoms with Crippen LogP contribution in [0.3, 0.4) is 0 Å². The molecule has 0 spiro atoms. The highest BCUT2D eigenvalue weighted by molar-refractivity contribution is 5.58. The zero-order valence-corrected chi connectivity index (χ0v) is 11.6. The van der Waals surface area contributed by atoms with E-state index in [9.17, 15) is 0 Å². The molecule has 2 nitrogen and oxygen atoms in total. The Kier molecular flexibility index (Phi) is 2.63. The first-order valence-corrected chi connectivity index (χ1v) is 7.89. The number of rotatable bonds is 2. The van der Waals surface area contributed by atoms with Crippen molar-refractivity contribution in [3.05, 3.63) is 29.8 Å². The SMILES string of the molecule is NCC1(N2CCCc3ccccc32)CC2CCC1C2. The van der Waals surface area contributed by atoms with Crippen molar-refractivity contribution in [1.82, 2.24) is 0 Å². The van der Waals surface area contributed by atoms with Crippen LogP contribution in [0.5, 0.6) is 0 Å². The maximum absolute atomic E-state index is 6.30. The molecule has 0 amide bonds. The fourth-order valence-electron chi connectivity index (χ4n) is 5.10. The smallest absolute Gasteiger partial charge is 0.0555 e. The molecule has 19 heavy (non-hydrogen) atoms. The Morgan fingerprint density at radius 1 is 1.26 bits per heavy atom. The first-order valence-electron chi connectivity index (χ1n) is 7.89. The van der Waals surface area contributed by atoms with Gasteiger partial charge in [0.25, 0.3) is 0 Å². The summed E-state index contributed by atoms with van der Waals surface area (Å²) in [6.07, 6.45) is 8.14. The van der Waals surface area contributed by atoms with Gasteiger partial charge in [0.05, 0.1) is 5.54 Å². The molecule has 2 heteroatoms. The molecular weight excluding hydrogens is 232 g/mol. The summed E-state index contributed by atoms with van der Waals surface area (Å²) < 4.78 is 0. The Morgan fingerprint density at radius 2 is 2.16 bits per heavy atom. The Morgan fingerprint density at radius 3 is 2.89 bits per heavy atom. The molecule has 1 aromatic carbocycles. The normalized spacial score (nSPS) is 36.6. The van der Waals surface area contributed by atoms with Gasteiger partial charge >= 0.3 is 0 Å². The van der Waals surface area contributed by atoms with E-state index in [1.807, 2.05) is 0 Å². The number of hydrogen-bond donors (Lipinski definition) is 1. The molecule has 1 aliphatic heterocycles. The fraction of sp³-hybridized carbons (Fsp3) is 0.647. The topological polar surface area (TPSA) is 29.3 Å². The predicted octanol–water partition coefficient (Wildman–Crippen LogP) is 2.96. The van der Waals surface area contributed by atoms with Crippen molar-refractivity contribution in [2.45, 2.75) is 44.1 Å². The monoisotopic (exact) mass is 256 g/mol. The van der Waals surface area contributed by atoms with Gasteiger partial charge in [-0.3, -0.25) is 0 Å². The van der Waals surface area contributed by atoms with Crippen molar-refractivity contribution >= 4 is 5.69 Å². The summed E-state index contributed by atoms with van der Waals surface area (Å²) in [5.41, 5.74) is 9.59. The first-order chi connectivity index (χ1) is 9.33. The zero-order chi connectivity index (χ0) is 12.9. The lowest BCUT2D eigenvalue weighted by Gasteiger charge is -2.50. The van der Waals surface area contributed by atoms with Crippen molar-refractivity contribution < 1.29 is 0 Å². The molecule has 2 aliphatic carbocycles. The van der Waals surface area contributed by atoms with E-state index in [-0.39, 0.29) is 5.54 Å². The highest BCUT2D eigenvalue weighted by Crippen LogP contribution is 2.54. The molecule has 3 aliphatic rings. The largest absolute Gasteiger partial charge is 0.364 e. The van der Waals surface area contributed by atoms with E-state index in [1.54, 1.807) is 0 Å². The number of nitrogens with zero attached hydrogens (tertiary/aromatic N) is 1. The Hall–Kier alpha value is -1.02. The van der Waals surface area contributed by atoms with Crippen LogP contribution in [0.2, 0.25) is 0 Å². The van der Waals surface area contributed by atoms with Gasteiger partial charge in [-0.2, -0.15) is 0 Å². The molecule has 3 atom stereocenters. The standard InChI is InChI=1S/C17H24N2/c18-12-17(11-13-7-8-15(17)10-13)19-9-3-5-14-4-1-2-6-16(14)19/h1-2,4,6,13,15H,3,5,7-12,18H2. The third kappa shape index (κ3) is 1.59. The van der Waals surface area contributed by atoms with Crippen LogP contribution in [0, 0.1) is 11.8 Å². The fourth-order valence-corrected chi connectivity index (χ4v) is 5.10. The molecular formula is C17H24N2. The Bertz CT molecular complexity index is 484. The van der Waals surface area contributed by atoms with Crippen molar-refractivity contribution in [2.24, 2.45) is 17.6 Å². The lowest BCUT2D eigenvalue weighted by molar-refractivity contribution is 0.253. The van der Waals surface area contributed by atoms with Gasteiger partial charge in [0, 0.05) is 18.8 Å². The highest BCUT2D eigenvalue weighted by Gasteiger charge is 2.53. The van der Waals surface area contributed by atoms with Crippen LogP contribution in [0.15, 0.2) is 24.3 Å². The summed E-state index contributed by atoms with van der Waals surface area (Å²) in [6.45, 7) is 2.04. The molecule has 2 bridgehead atoms. The number of para-hydroxylation sites is 1. The number of benzene rings is 1. The van der Waals surface area contributed by atoms with Gasteiger partial charge in [-0.25, -0.2) is 0 Å². The molecule has 1 aromatic rings. The van der Waals surface area contributed by atoms with Crippen LogP contribution in [0.1, 0.15) is 37.7 Å². The van der Waals surface area contributed by atoms with Gasteiger partial charge in [0.1, 0.15) is 0 Å². The maximum Gasteiger partial charge on any atom is 0.0555 e. The van der Waals surface area contributed by atoms with E-state index < -0.39 is 0 Å². The summed E-state index contributed by atoms with van der Waals surface area (Å²) in [6, 6.07) is 8.99. The van der Waals surface area contributed by atoms with E-state index in [0.717, 1.165) is 18.4 Å². The lowest BCUT2D eigenvalue weighted by atomic mass is 9.78. The molecule has 2 saturated carbocycles. The van der Waals surface area contributed by atoms with Gasteiger partial charge < -0.3 is 10.6 Å². The molecule has 2 fully saturated rings. The van der Waals surface area contributed by atoms with Crippen LogP contribution in [-0.2, 0) is 6.42 Å². The van der Waals surface area contributed by atoms with Crippen molar-refractivity contribution in [1.29, 1.82) is 0 Å². The number of nitrogens with two attached hydrogens (primary N) is 1. The van der Waals surface area contributed by atoms with Crippen LogP contribution in [0.25, 0.3) is 0 Å². The zero-order valence-electron chi connectivity index (χ0n) is 11.6. The molecule has 102 valence electrons. The van der Waals surface area contributed by atoms with E-state index in [4.69, 9.17) is 5.73 Å². The third-order valence-corrected chi connectivity index (χ3v) is 5.94. The number of anilines is 1. The summed E-state index contributed by atoms with van der Waals surface area (Å²) in [7, 11) is 0. The van der Waals surface area contributed by atoms with Crippen molar-refractivity contribution in [2.75, 3.05) is 18.0 Å². The average Bonchev–Trinajstić information content (AvgIpc) is 3.07. The minimum atomic E-state index is 0.277. The van der Waals surface area contributed by atoms with E-state index >= 15 is 0 Å². The minimum absolute atomic E-state index is 0.277. The second-order valence-electron chi connectivity index (χ2n) is 6.77. The summed E-state index contributed by atoms with van der Waals surface area (Å²) in [5, 5.41) is 0. The Balaban J connectivity index is 1.76. The molecule has 0 saturated heterocycles. The minimum Gasteiger partial charge on any atom is -0.364 e.